The van der Waals surface area contributed by atoms with Crippen molar-refractivity contribution in [1.29, 1.82) is 0 Å². The Balaban J connectivity index is 3.57. The highest BCUT2D eigenvalue weighted by molar-refractivity contribution is 5.68. The van der Waals surface area contributed by atoms with Crippen LogP contribution in [0.25, 0.3) is 0 Å². The smallest absolute Gasteiger partial charge is 0.305 e. The molecule has 0 aliphatic rings. The van der Waals surface area contributed by atoms with Gasteiger partial charge in [-0.3, -0.25) is 4.79 Å². The molecule has 0 unspecified atom stereocenters. The largest absolute Gasteiger partial charge is 0.469 e. The third kappa shape index (κ3) is 15.3. The molecule has 0 aliphatic carbocycles. The zero-order valence-electron chi connectivity index (χ0n) is 16.4. The first-order valence-corrected chi connectivity index (χ1v) is 10.0. The fourth-order valence-corrected chi connectivity index (χ4v) is 3.07. The van der Waals surface area contributed by atoms with Crippen LogP contribution in [0.3, 0.4) is 0 Å². The molecule has 0 bridgehead atoms. The van der Waals surface area contributed by atoms with Crippen LogP contribution in [0.5, 0.6) is 0 Å². The van der Waals surface area contributed by atoms with E-state index in [1.165, 1.54) is 20.0 Å². The highest BCUT2D eigenvalue weighted by Crippen LogP contribution is 2.17. The molecule has 5 heteroatoms. The molecule has 0 fully saturated rings. The van der Waals surface area contributed by atoms with Crippen LogP contribution in [-0.4, -0.2) is 49.2 Å². The number of aliphatic hydroxyl groups excluding tert-OH is 2. The van der Waals surface area contributed by atoms with Crippen molar-refractivity contribution < 1.29 is 24.5 Å². The molecule has 0 saturated heterocycles. The van der Waals surface area contributed by atoms with Crippen LogP contribution in [0, 0.1) is 0 Å². The summed E-state index contributed by atoms with van der Waals surface area (Å²) in [6.07, 6.45) is 13.5. The zero-order valence-corrected chi connectivity index (χ0v) is 16.4. The summed E-state index contributed by atoms with van der Waals surface area (Å²) >= 11 is 0. The van der Waals surface area contributed by atoms with Crippen molar-refractivity contribution in [1.82, 2.24) is 0 Å². The van der Waals surface area contributed by atoms with Crippen LogP contribution >= 0.6 is 0 Å². The van der Waals surface area contributed by atoms with Gasteiger partial charge >= 0.3 is 5.97 Å². The summed E-state index contributed by atoms with van der Waals surface area (Å²) in [7, 11) is 3.11. The number of ether oxygens (including phenoxy) is 2. The molecule has 0 saturated carbocycles. The molecule has 2 N–H and O–H groups in total. The van der Waals surface area contributed by atoms with E-state index < -0.39 is 0 Å². The molecule has 5 nitrogen and oxygen atoms in total. The minimum Gasteiger partial charge on any atom is -0.469 e. The van der Waals surface area contributed by atoms with Gasteiger partial charge in [0.15, 0.2) is 0 Å². The second-order valence-corrected chi connectivity index (χ2v) is 6.86. The maximum Gasteiger partial charge on any atom is 0.305 e. The maximum absolute atomic E-state index is 11.0. The van der Waals surface area contributed by atoms with Gasteiger partial charge in [-0.05, 0) is 25.7 Å². The number of methoxy groups -OCH3 is 2. The first-order valence-electron chi connectivity index (χ1n) is 10.0. The van der Waals surface area contributed by atoms with Crippen molar-refractivity contribution in [2.45, 2.75) is 102 Å². The second-order valence-electron chi connectivity index (χ2n) is 6.86. The summed E-state index contributed by atoms with van der Waals surface area (Å²) in [5, 5.41) is 19.0. The Kier molecular flexibility index (Phi) is 17.7. The Morgan fingerprint density at radius 2 is 1.32 bits per heavy atom. The first-order chi connectivity index (χ1) is 12.2. The Morgan fingerprint density at radius 3 is 1.88 bits per heavy atom. The van der Waals surface area contributed by atoms with Crippen molar-refractivity contribution in [2.24, 2.45) is 0 Å². The van der Waals surface area contributed by atoms with Gasteiger partial charge in [-0.25, -0.2) is 0 Å². The number of esters is 1. The number of carbonyl (C=O) groups excluding carboxylic acids is 1. The third-order valence-corrected chi connectivity index (χ3v) is 4.74. The van der Waals surface area contributed by atoms with E-state index in [1.54, 1.807) is 7.11 Å². The van der Waals surface area contributed by atoms with E-state index in [1.807, 2.05) is 0 Å². The Hall–Kier alpha value is -0.650. The van der Waals surface area contributed by atoms with E-state index >= 15 is 0 Å². The lowest BCUT2D eigenvalue weighted by atomic mass is 9.99. The van der Waals surface area contributed by atoms with Gasteiger partial charge in [-0.15, -0.1) is 0 Å². The molecule has 0 aromatic rings. The van der Waals surface area contributed by atoms with Gasteiger partial charge in [0.25, 0.3) is 0 Å². The summed E-state index contributed by atoms with van der Waals surface area (Å²) in [6.45, 7) is 0.291. The Bertz CT molecular complexity index is 296. The van der Waals surface area contributed by atoms with E-state index in [9.17, 15) is 9.90 Å². The molecule has 150 valence electrons. The number of unbranched alkanes of at least 4 members (excludes halogenated alkanes) is 9. The number of hydrogen-bond acceptors (Lipinski definition) is 5. The molecule has 0 aromatic heterocycles. The molecule has 0 rings (SSSR count). The summed E-state index contributed by atoms with van der Waals surface area (Å²) < 4.78 is 10.1. The van der Waals surface area contributed by atoms with E-state index in [4.69, 9.17) is 9.84 Å². The SMILES string of the molecule is COC(=O)CCCCCCC[C@@H](OC)[C@H](O)CCCCCCCCO. The summed E-state index contributed by atoms with van der Waals surface area (Å²) in [5.74, 6) is -0.129. The lowest BCUT2D eigenvalue weighted by molar-refractivity contribution is -0.140. The van der Waals surface area contributed by atoms with Crippen LogP contribution in [0.4, 0.5) is 0 Å². The predicted octanol–water partition coefficient (Wildman–Crippen LogP) is 3.99. The van der Waals surface area contributed by atoms with E-state index in [0.717, 1.165) is 70.6 Å². The fourth-order valence-electron chi connectivity index (χ4n) is 3.07. The highest BCUT2D eigenvalue weighted by Gasteiger charge is 2.17. The summed E-state index contributed by atoms with van der Waals surface area (Å²) in [4.78, 5) is 11.0. The van der Waals surface area contributed by atoms with Crippen LogP contribution in [-0.2, 0) is 14.3 Å². The number of aliphatic hydroxyl groups is 2. The molecule has 0 amide bonds. The third-order valence-electron chi connectivity index (χ3n) is 4.74. The lowest BCUT2D eigenvalue weighted by Crippen LogP contribution is -2.27. The Labute approximate surface area is 154 Å². The van der Waals surface area contributed by atoms with Crippen LogP contribution < -0.4 is 0 Å². The minimum atomic E-state index is -0.373. The van der Waals surface area contributed by atoms with Gasteiger partial charge in [-0.2, -0.15) is 0 Å². The lowest BCUT2D eigenvalue weighted by Gasteiger charge is -2.21. The van der Waals surface area contributed by atoms with Crippen molar-refractivity contribution in [3.63, 3.8) is 0 Å². The van der Waals surface area contributed by atoms with Crippen molar-refractivity contribution in [2.75, 3.05) is 20.8 Å². The van der Waals surface area contributed by atoms with Crippen molar-refractivity contribution in [3.8, 4) is 0 Å². The monoisotopic (exact) mass is 360 g/mol. The molecular weight excluding hydrogens is 320 g/mol. The van der Waals surface area contributed by atoms with Crippen LogP contribution in [0.2, 0.25) is 0 Å². The number of rotatable bonds is 18. The topological polar surface area (TPSA) is 76.0 Å². The van der Waals surface area contributed by atoms with E-state index in [-0.39, 0.29) is 18.2 Å². The van der Waals surface area contributed by atoms with Gasteiger partial charge < -0.3 is 19.7 Å². The molecule has 25 heavy (non-hydrogen) atoms. The molecule has 0 spiro atoms. The average molecular weight is 361 g/mol. The average Bonchev–Trinajstić information content (AvgIpc) is 2.62. The Morgan fingerprint density at radius 1 is 0.800 bits per heavy atom. The predicted molar refractivity (Wildman–Crippen MR) is 101 cm³/mol. The number of carbonyl (C=O) groups is 1. The maximum atomic E-state index is 11.0. The quantitative estimate of drug-likeness (QED) is 0.285. The molecule has 2 atom stereocenters. The molecular formula is C20H40O5. The highest BCUT2D eigenvalue weighted by atomic mass is 16.5. The summed E-state index contributed by atoms with van der Waals surface area (Å²) in [6, 6.07) is 0. The van der Waals surface area contributed by atoms with Crippen LogP contribution in [0.1, 0.15) is 89.9 Å². The van der Waals surface area contributed by atoms with Gasteiger partial charge in [0, 0.05) is 20.1 Å². The standard InChI is InChI=1S/C20H40O5/c1-24-19(15-11-7-5-8-12-16-20(23)25-2)18(22)14-10-6-3-4-9-13-17-21/h18-19,21-22H,3-17H2,1-2H3/t18-,19-/m1/s1. The molecule has 0 radical (unpaired) electrons. The molecule has 0 aliphatic heterocycles. The first kappa shape index (κ1) is 24.4. The van der Waals surface area contributed by atoms with Crippen molar-refractivity contribution in [3.05, 3.63) is 0 Å². The normalized spacial score (nSPS) is 13.6. The van der Waals surface area contributed by atoms with E-state index in [2.05, 4.69) is 4.74 Å². The van der Waals surface area contributed by atoms with Gasteiger partial charge in [0.1, 0.15) is 0 Å². The fraction of sp³-hybridized carbons (Fsp3) is 0.950. The van der Waals surface area contributed by atoms with Gasteiger partial charge in [0.2, 0.25) is 0 Å². The minimum absolute atomic E-state index is 0.0653. The molecule has 0 heterocycles. The van der Waals surface area contributed by atoms with Crippen molar-refractivity contribution >= 4 is 5.97 Å². The molecule has 0 aromatic carbocycles. The zero-order chi connectivity index (χ0) is 18.8. The van der Waals surface area contributed by atoms with Gasteiger partial charge in [0.05, 0.1) is 19.3 Å². The van der Waals surface area contributed by atoms with Gasteiger partial charge in [-0.1, -0.05) is 57.8 Å². The summed E-state index contributed by atoms with van der Waals surface area (Å²) in [5.41, 5.74) is 0. The second kappa shape index (κ2) is 18.2. The van der Waals surface area contributed by atoms with E-state index in [0.29, 0.717) is 13.0 Å². The number of hydrogen-bond donors (Lipinski definition) is 2. The van der Waals surface area contributed by atoms with Crippen LogP contribution in [0.15, 0.2) is 0 Å².